The molecule has 1 atom stereocenters. The van der Waals surface area contributed by atoms with E-state index in [9.17, 15) is 4.79 Å². The van der Waals surface area contributed by atoms with E-state index in [1.807, 2.05) is 35.0 Å². The summed E-state index contributed by atoms with van der Waals surface area (Å²) in [7, 11) is -2.01. The Balaban J connectivity index is 1.59. The normalized spacial score (nSPS) is 15.9. The molecule has 0 spiro atoms. The molecule has 9 nitrogen and oxygen atoms in total. The van der Waals surface area contributed by atoms with Crippen LogP contribution in [0.15, 0.2) is 36.5 Å². The van der Waals surface area contributed by atoms with Crippen molar-refractivity contribution >= 4 is 31.1 Å². The van der Waals surface area contributed by atoms with Gasteiger partial charge >= 0.3 is 6.03 Å². The van der Waals surface area contributed by atoms with Crippen LogP contribution in [0.2, 0.25) is 18.1 Å². The molecule has 4 rings (SSSR count). The van der Waals surface area contributed by atoms with Crippen molar-refractivity contribution in [3.63, 3.8) is 0 Å². The molecular formula is C34H52N5O4Si. The number of nitrogens with one attached hydrogen (secondary N) is 2. The molecule has 2 amide bonds. The van der Waals surface area contributed by atoms with Crippen LogP contribution in [0.5, 0.6) is 5.75 Å². The van der Waals surface area contributed by atoms with Gasteiger partial charge in [-0.1, -0.05) is 53.7 Å². The van der Waals surface area contributed by atoms with Gasteiger partial charge in [0.25, 0.3) is 0 Å². The van der Waals surface area contributed by atoms with Crippen molar-refractivity contribution in [3.05, 3.63) is 42.9 Å². The van der Waals surface area contributed by atoms with E-state index in [0.717, 1.165) is 35.2 Å². The first-order valence-corrected chi connectivity index (χ1v) is 18.7. The van der Waals surface area contributed by atoms with Gasteiger partial charge in [-0.3, -0.25) is 0 Å². The van der Waals surface area contributed by atoms with E-state index in [1.54, 1.807) is 6.20 Å². The summed E-state index contributed by atoms with van der Waals surface area (Å²) in [6.45, 7) is 23.7. The Morgan fingerprint density at radius 3 is 2.48 bits per heavy atom. The van der Waals surface area contributed by atoms with Crippen molar-refractivity contribution in [2.45, 2.75) is 105 Å². The Morgan fingerprint density at radius 1 is 1.14 bits per heavy atom. The SMILES string of the molecule is CC(C)n1ncc2c(NC(=O)NC3CCOCC3)cc(-c3cccc(OCC([CH]C(C)(C)C)O[Si](C)(C)C(C)(C)C)c3)nc21. The maximum Gasteiger partial charge on any atom is 0.319 e. The predicted octanol–water partition coefficient (Wildman–Crippen LogP) is 8.00. The second kappa shape index (κ2) is 13.6. The van der Waals surface area contributed by atoms with Crippen molar-refractivity contribution in [1.82, 2.24) is 20.1 Å². The Bertz CT molecular complexity index is 1420. The molecule has 1 unspecified atom stereocenters. The van der Waals surface area contributed by atoms with E-state index in [0.29, 0.717) is 31.2 Å². The van der Waals surface area contributed by atoms with Gasteiger partial charge in [-0.2, -0.15) is 5.10 Å². The van der Waals surface area contributed by atoms with E-state index in [2.05, 4.69) is 90.6 Å². The minimum atomic E-state index is -2.01. The van der Waals surface area contributed by atoms with Crippen molar-refractivity contribution in [3.8, 4) is 17.0 Å². The number of rotatable bonds is 10. The standard InChI is InChI=1S/C34H52N5O4Si/c1-23(2)39-31-28(21-35-39)30(38-32(40)36-25-14-16-41-17-15-25)19-29(37-31)24-12-11-13-26(18-24)42-22-27(20-33(3,4)5)43-44(9,10)34(6,7)8/h11-13,18-21,23,25,27H,14-17,22H2,1-10H3,(H2,36,37,38,40). The number of fused-ring (bicyclic) bond motifs is 1. The molecule has 44 heavy (non-hydrogen) atoms. The number of pyridine rings is 1. The summed E-state index contributed by atoms with van der Waals surface area (Å²) in [5.74, 6) is 0.736. The second-order valence-electron chi connectivity index (χ2n) is 14.7. The molecule has 0 saturated carbocycles. The van der Waals surface area contributed by atoms with Crippen LogP contribution < -0.4 is 15.4 Å². The van der Waals surface area contributed by atoms with Gasteiger partial charge in [0.2, 0.25) is 0 Å². The third kappa shape index (κ3) is 8.82. The van der Waals surface area contributed by atoms with E-state index < -0.39 is 8.32 Å². The van der Waals surface area contributed by atoms with Gasteiger partial charge in [-0.15, -0.1) is 0 Å². The van der Waals surface area contributed by atoms with Crippen molar-refractivity contribution in [2.24, 2.45) is 5.41 Å². The molecular weight excluding hydrogens is 570 g/mol. The lowest BCUT2D eigenvalue weighted by Crippen LogP contribution is -2.46. The number of carbonyl (C=O) groups is 1. The number of hydrogen-bond acceptors (Lipinski definition) is 6. The zero-order valence-electron chi connectivity index (χ0n) is 28.3. The van der Waals surface area contributed by atoms with Crippen LogP contribution in [-0.4, -0.2) is 61.1 Å². The summed E-state index contributed by atoms with van der Waals surface area (Å²) in [6, 6.07) is 9.80. The summed E-state index contributed by atoms with van der Waals surface area (Å²) in [5.41, 5.74) is 2.97. The number of carbonyl (C=O) groups excluding carboxylic acids is 1. The Kier molecular flexibility index (Phi) is 10.5. The average Bonchev–Trinajstić information content (AvgIpc) is 3.36. The Labute approximate surface area is 264 Å². The molecule has 2 aromatic heterocycles. The summed E-state index contributed by atoms with van der Waals surface area (Å²) in [6.07, 6.45) is 5.49. The molecule has 0 bridgehead atoms. The fourth-order valence-corrected chi connectivity index (χ4v) is 6.23. The Morgan fingerprint density at radius 2 is 1.84 bits per heavy atom. The van der Waals surface area contributed by atoms with Crippen LogP contribution >= 0.6 is 0 Å². The van der Waals surface area contributed by atoms with Crippen molar-refractivity contribution in [1.29, 1.82) is 0 Å². The zero-order chi connectivity index (χ0) is 32.3. The fraction of sp³-hybridized carbons (Fsp3) is 0.588. The average molecular weight is 623 g/mol. The van der Waals surface area contributed by atoms with E-state index in [-0.39, 0.29) is 34.7 Å². The highest BCUT2D eigenvalue weighted by molar-refractivity contribution is 6.74. The highest BCUT2D eigenvalue weighted by Gasteiger charge is 2.40. The van der Waals surface area contributed by atoms with Crippen LogP contribution in [0.1, 0.15) is 74.3 Å². The molecule has 0 aliphatic carbocycles. The van der Waals surface area contributed by atoms with Gasteiger partial charge in [0, 0.05) is 30.9 Å². The minimum Gasteiger partial charge on any atom is -0.491 e. The maximum atomic E-state index is 13.0. The van der Waals surface area contributed by atoms with Crippen molar-refractivity contribution in [2.75, 3.05) is 25.1 Å². The van der Waals surface area contributed by atoms with Gasteiger partial charge in [-0.05, 0) is 74.9 Å². The van der Waals surface area contributed by atoms with Crippen molar-refractivity contribution < 1.29 is 18.7 Å². The molecule has 3 aromatic rings. The molecule has 10 heteroatoms. The van der Waals surface area contributed by atoms with Crippen LogP contribution in [0.25, 0.3) is 22.3 Å². The van der Waals surface area contributed by atoms with Crippen LogP contribution in [0.3, 0.4) is 0 Å². The largest absolute Gasteiger partial charge is 0.491 e. The number of aromatic nitrogens is 3. The second-order valence-corrected chi connectivity index (χ2v) is 19.5. The monoisotopic (exact) mass is 622 g/mol. The van der Waals surface area contributed by atoms with Crippen LogP contribution in [-0.2, 0) is 9.16 Å². The number of benzene rings is 1. The highest BCUT2D eigenvalue weighted by atomic mass is 28.4. The number of amides is 2. The zero-order valence-corrected chi connectivity index (χ0v) is 29.3. The first kappa shape index (κ1) is 33.9. The summed E-state index contributed by atoms with van der Waals surface area (Å²) in [5, 5.41) is 11.6. The van der Waals surface area contributed by atoms with E-state index in [1.165, 1.54) is 0 Å². The molecule has 1 aliphatic rings. The van der Waals surface area contributed by atoms with Gasteiger partial charge in [0.15, 0.2) is 14.0 Å². The first-order chi connectivity index (χ1) is 20.5. The van der Waals surface area contributed by atoms with Crippen LogP contribution in [0, 0.1) is 11.8 Å². The maximum absolute atomic E-state index is 13.0. The minimum absolute atomic E-state index is 0.0165. The number of urea groups is 1. The Hall–Kier alpha value is -2.95. The molecule has 1 aromatic carbocycles. The third-order valence-electron chi connectivity index (χ3n) is 8.34. The number of ether oxygens (including phenoxy) is 2. The number of nitrogens with zero attached hydrogens (tertiary/aromatic N) is 3. The first-order valence-electron chi connectivity index (χ1n) is 15.8. The topological polar surface area (TPSA) is 99.5 Å². The molecule has 2 N–H and O–H groups in total. The molecule has 1 aliphatic heterocycles. The molecule has 241 valence electrons. The number of anilines is 1. The van der Waals surface area contributed by atoms with Crippen LogP contribution in [0.4, 0.5) is 10.5 Å². The quantitative estimate of drug-likeness (QED) is 0.222. The van der Waals surface area contributed by atoms with E-state index >= 15 is 0 Å². The lowest BCUT2D eigenvalue weighted by atomic mass is 9.89. The summed E-state index contributed by atoms with van der Waals surface area (Å²) >= 11 is 0. The summed E-state index contributed by atoms with van der Waals surface area (Å²) in [4.78, 5) is 18.0. The highest BCUT2D eigenvalue weighted by Crippen LogP contribution is 2.39. The van der Waals surface area contributed by atoms with Gasteiger partial charge < -0.3 is 24.5 Å². The third-order valence-corrected chi connectivity index (χ3v) is 12.8. The van der Waals surface area contributed by atoms with Gasteiger partial charge in [0.1, 0.15) is 12.4 Å². The molecule has 1 fully saturated rings. The summed E-state index contributed by atoms with van der Waals surface area (Å²) < 4.78 is 20.5. The van der Waals surface area contributed by atoms with Gasteiger partial charge in [-0.25, -0.2) is 14.5 Å². The molecule has 3 heterocycles. The van der Waals surface area contributed by atoms with Gasteiger partial charge in [0.05, 0.1) is 29.1 Å². The molecule has 1 saturated heterocycles. The molecule has 1 radical (unpaired) electrons. The lowest BCUT2D eigenvalue weighted by molar-refractivity contribution is 0.0806. The van der Waals surface area contributed by atoms with E-state index in [4.69, 9.17) is 18.9 Å². The number of hydrogen-bond donors (Lipinski definition) is 2. The predicted molar refractivity (Wildman–Crippen MR) is 181 cm³/mol. The smallest absolute Gasteiger partial charge is 0.319 e. The lowest BCUT2D eigenvalue weighted by Gasteiger charge is -2.40. The fourth-order valence-electron chi connectivity index (χ4n) is 4.99.